The summed E-state index contributed by atoms with van der Waals surface area (Å²) in [6.07, 6.45) is 1.78. The molecule has 6 nitrogen and oxygen atoms in total. The monoisotopic (exact) mass is 243 g/mol. The molecule has 0 atom stereocenters. The first-order chi connectivity index (χ1) is 7.75. The van der Waals surface area contributed by atoms with Crippen LogP contribution in [-0.4, -0.2) is 23.1 Å². The van der Waals surface area contributed by atoms with Gasteiger partial charge in [-0.2, -0.15) is 0 Å². The number of hydrogen-bond acceptors (Lipinski definition) is 4. The molecule has 0 aliphatic carbocycles. The molecule has 2 amide bonds. The van der Waals surface area contributed by atoms with Gasteiger partial charge in [-0.1, -0.05) is 0 Å². The zero-order chi connectivity index (χ0) is 13.5. The number of ketones is 1. The molecular weight excluding hydrogens is 222 g/mol. The van der Waals surface area contributed by atoms with Gasteiger partial charge in [-0.15, -0.1) is 0 Å². The van der Waals surface area contributed by atoms with Gasteiger partial charge >= 0.3 is 0 Å². The van der Waals surface area contributed by atoms with E-state index in [0.717, 1.165) is 0 Å². The van der Waals surface area contributed by atoms with Crippen molar-refractivity contribution in [3.63, 3.8) is 0 Å². The summed E-state index contributed by atoms with van der Waals surface area (Å²) in [6, 6.07) is 0. The molecule has 0 aromatic heterocycles. The van der Waals surface area contributed by atoms with E-state index in [4.69, 9.17) is 17.2 Å². The summed E-state index contributed by atoms with van der Waals surface area (Å²) in [5.74, 6) is -0.860. The molecule has 0 spiro atoms. The first kappa shape index (κ1) is 15.6. The Bertz CT molecular complexity index is 257. The van der Waals surface area contributed by atoms with Gasteiger partial charge < -0.3 is 22.0 Å². The lowest BCUT2D eigenvalue weighted by Gasteiger charge is -2.28. The summed E-state index contributed by atoms with van der Waals surface area (Å²) >= 11 is 0. The van der Waals surface area contributed by atoms with Crippen molar-refractivity contribution in [1.29, 1.82) is 0 Å². The SMILES string of the molecule is CC(=O)CCC(N)(CCC(N)=O)CCC(N)=O. The van der Waals surface area contributed by atoms with Crippen molar-refractivity contribution in [2.75, 3.05) is 0 Å². The Morgan fingerprint density at radius 3 is 1.53 bits per heavy atom. The van der Waals surface area contributed by atoms with E-state index in [1.807, 2.05) is 0 Å². The number of carbonyl (C=O) groups excluding carboxylic acids is 3. The van der Waals surface area contributed by atoms with Crippen LogP contribution >= 0.6 is 0 Å². The molecule has 98 valence electrons. The fourth-order valence-electron chi connectivity index (χ4n) is 1.54. The fraction of sp³-hybridized carbons (Fsp3) is 0.727. The van der Waals surface area contributed by atoms with Crippen molar-refractivity contribution >= 4 is 17.6 Å². The van der Waals surface area contributed by atoms with Crippen LogP contribution < -0.4 is 17.2 Å². The molecule has 17 heavy (non-hydrogen) atoms. The van der Waals surface area contributed by atoms with E-state index in [9.17, 15) is 14.4 Å². The Morgan fingerprint density at radius 1 is 0.882 bits per heavy atom. The van der Waals surface area contributed by atoms with E-state index < -0.39 is 17.4 Å². The molecule has 0 heterocycles. The average Bonchev–Trinajstić information content (AvgIpc) is 2.21. The summed E-state index contributed by atoms with van der Waals surface area (Å²) in [5.41, 5.74) is 15.5. The normalized spacial score (nSPS) is 11.2. The van der Waals surface area contributed by atoms with Gasteiger partial charge in [0.2, 0.25) is 11.8 Å². The van der Waals surface area contributed by atoms with Crippen LogP contribution in [0.3, 0.4) is 0 Å². The first-order valence-electron chi connectivity index (χ1n) is 5.60. The van der Waals surface area contributed by atoms with Gasteiger partial charge in [0.25, 0.3) is 0 Å². The Kier molecular flexibility index (Phi) is 6.42. The van der Waals surface area contributed by atoms with E-state index in [1.165, 1.54) is 6.92 Å². The van der Waals surface area contributed by atoms with Crippen LogP contribution in [0.4, 0.5) is 0 Å². The molecule has 0 radical (unpaired) electrons. The Balaban J connectivity index is 4.37. The van der Waals surface area contributed by atoms with Gasteiger partial charge in [-0.3, -0.25) is 9.59 Å². The lowest BCUT2D eigenvalue weighted by Crippen LogP contribution is -2.42. The second-order valence-electron chi connectivity index (χ2n) is 4.50. The molecule has 6 heteroatoms. The Labute approximate surface area is 101 Å². The molecule has 0 saturated carbocycles. The maximum Gasteiger partial charge on any atom is 0.217 e. The van der Waals surface area contributed by atoms with Gasteiger partial charge in [0.15, 0.2) is 0 Å². The van der Waals surface area contributed by atoms with Gasteiger partial charge in [-0.25, -0.2) is 0 Å². The van der Waals surface area contributed by atoms with E-state index in [-0.39, 0.29) is 18.6 Å². The highest BCUT2D eigenvalue weighted by Crippen LogP contribution is 2.22. The lowest BCUT2D eigenvalue weighted by atomic mass is 9.84. The highest BCUT2D eigenvalue weighted by Gasteiger charge is 2.26. The number of hydrogen-bond donors (Lipinski definition) is 3. The van der Waals surface area contributed by atoms with Crippen LogP contribution in [0.5, 0.6) is 0 Å². The minimum Gasteiger partial charge on any atom is -0.370 e. The second-order valence-corrected chi connectivity index (χ2v) is 4.50. The van der Waals surface area contributed by atoms with Crippen molar-refractivity contribution < 1.29 is 14.4 Å². The smallest absolute Gasteiger partial charge is 0.217 e. The highest BCUT2D eigenvalue weighted by atomic mass is 16.1. The van der Waals surface area contributed by atoms with Gasteiger partial charge in [-0.05, 0) is 26.2 Å². The molecule has 0 rings (SSSR count). The summed E-state index contributed by atoms with van der Waals surface area (Å²) < 4.78 is 0. The van der Waals surface area contributed by atoms with Gasteiger partial charge in [0.1, 0.15) is 5.78 Å². The number of Topliss-reactive ketones (excluding diaryl/α,β-unsaturated/α-hetero) is 1. The fourth-order valence-corrected chi connectivity index (χ4v) is 1.54. The maximum atomic E-state index is 10.9. The summed E-state index contributed by atoms with van der Waals surface area (Å²) in [7, 11) is 0. The predicted octanol–water partition coefficient (Wildman–Crippen LogP) is -0.416. The van der Waals surface area contributed by atoms with E-state index in [0.29, 0.717) is 25.7 Å². The van der Waals surface area contributed by atoms with Crippen molar-refractivity contribution in [2.24, 2.45) is 17.2 Å². The number of carbonyl (C=O) groups is 3. The number of nitrogens with two attached hydrogens (primary N) is 3. The first-order valence-corrected chi connectivity index (χ1v) is 5.60. The van der Waals surface area contributed by atoms with Crippen LogP contribution in [0.2, 0.25) is 0 Å². The zero-order valence-corrected chi connectivity index (χ0v) is 10.2. The number of amides is 2. The number of rotatable bonds is 9. The van der Waals surface area contributed by atoms with Crippen molar-refractivity contribution in [2.45, 2.75) is 51.0 Å². The average molecular weight is 243 g/mol. The third-order valence-electron chi connectivity index (χ3n) is 2.71. The number of primary amides is 2. The molecular formula is C11H21N3O3. The molecule has 0 bridgehead atoms. The second kappa shape index (κ2) is 7.01. The molecule has 0 unspecified atom stereocenters. The van der Waals surface area contributed by atoms with E-state index in [2.05, 4.69) is 0 Å². The van der Waals surface area contributed by atoms with Crippen LogP contribution in [-0.2, 0) is 14.4 Å². The quantitative estimate of drug-likeness (QED) is 0.508. The van der Waals surface area contributed by atoms with Crippen molar-refractivity contribution in [3.05, 3.63) is 0 Å². The molecule has 6 N–H and O–H groups in total. The minimum atomic E-state index is -0.726. The van der Waals surface area contributed by atoms with E-state index in [1.54, 1.807) is 0 Å². The van der Waals surface area contributed by atoms with Crippen molar-refractivity contribution in [3.8, 4) is 0 Å². The van der Waals surface area contributed by atoms with Crippen molar-refractivity contribution in [1.82, 2.24) is 0 Å². The Hall–Kier alpha value is -1.43. The Morgan fingerprint density at radius 2 is 1.24 bits per heavy atom. The van der Waals surface area contributed by atoms with Crippen LogP contribution in [0.15, 0.2) is 0 Å². The topological polar surface area (TPSA) is 129 Å². The standard InChI is InChI=1S/C11H21N3O3/c1-8(15)2-5-11(14,6-3-9(12)16)7-4-10(13)17/h2-7,14H2,1H3,(H2,12,16)(H2,13,17). The third kappa shape index (κ3) is 8.38. The van der Waals surface area contributed by atoms with Crippen LogP contribution in [0.25, 0.3) is 0 Å². The summed E-state index contributed by atoms with van der Waals surface area (Å²) in [4.78, 5) is 32.4. The van der Waals surface area contributed by atoms with Gasteiger partial charge in [0, 0.05) is 24.8 Å². The van der Waals surface area contributed by atoms with Gasteiger partial charge in [0.05, 0.1) is 0 Å². The molecule has 0 aromatic carbocycles. The van der Waals surface area contributed by atoms with E-state index >= 15 is 0 Å². The minimum absolute atomic E-state index is 0.0259. The maximum absolute atomic E-state index is 10.9. The summed E-state index contributed by atoms with van der Waals surface area (Å²) in [5, 5.41) is 0. The molecule has 0 aliphatic rings. The predicted molar refractivity (Wildman–Crippen MR) is 63.7 cm³/mol. The highest BCUT2D eigenvalue weighted by molar-refractivity contribution is 5.76. The third-order valence-corrected chi connectivity index (χ3v) is 2.71. The molecule has 0 saturated heterocycles. The van der Waals surface area contributed by atoms with Crippen LogP contribution in [0.1, 0.15) is 45.4 Å². The summed E-state index contributed by atoms with van der Waals surface area (Å²) in [6.45, 7) is 1.47. The zero-order valence-electron chi connectivity index (χ0n) is 10.2. The largest absolute Gasteiger partial charge is 0.370 e. The van der Waals surface area contributed by atoms with Crippen LogP contribution in [0, 0.1) is 0 Å². The molecule has 0 aromatic rings. The molecule has 0 fully saturated rings. The molecule has 0 aliphatic heterocycles. The lowest BCUT2D eigenvalue weighted by molar-refractivity contribution is -0.118.